The highest BCUT2D eigenvalue weighted by atomic mass is 16.6. The minimum atomic E-state index is -1.44. The summed E-state index contributed by atoms with van der Waals surface area (Å²) in [7, 11) is 0. The van der Waals surface area contributed by atoms with Crippen LogP contribution >= 0.6 is 0 Å². The van der Waals surface area contributed by atoms with Gasteiger partial charge < -0.3 is 20.3 Å². The average molecular weight is 479 g/mol. The van der Waals surface area contributed by atoms with E-state index in [-0.39, 0.29) is 25.2 Å². The number of hydrogen-bond acceptors (Lipinski definition) is 7. The third kappa shape index (κ3) is 5.62. The number of hydrogen-bond donors (Lipinski definition) is 4. The number of benzene rings is 2. The molecule has 0 bridgehead atoms. The van der Waals surface area contributed by atoms with Crippen molar-refractivity contribution in [2.45, 2.75) is 37.4 Å². The topological polar surface area (TPSA) is 151 Å². The molecule has 4 atom stereocenters. The molecule has 0 spiro atoms. The van der Waals surface area contributed by atoms with Crippen molar-refractivity contribution in [1.29, 1.82) is 0 Å². The molecule has 10 nitrogen and oxygen atoms in total. The Kier molecular flexibility index (Phi) is 7.35. The molecule has 0 unspecified atom stereocenters. The lowest BCUT2D eigenvalue weighted by atomic mass is 10.0. The first-order valence-electron chi connectivity index (χ1n) is 11.1. The zero-order chi connectivity index (χ0) is 24.9. The maximum Gasteiger partial charge on any atom is 0.330 e. The molecule has 182 valence electrons. The number of aliphatic hydroxyl groups is 2. The smallest absolute Gasteiger partial charge is 0.330 e. The summed E-state index contributed by atoms with van der Waals surface area (Å²) < 4.78 is 6.50. The van der Waals surface area contributed by atoms with Crippen LogP contribution in [-0.4, -0.2) is 56.3 Å². The van der Waals surface area contributed by atoms with Crippen LogP contribution in [0.15, 0.2) is 76.4 Å². The number of H-pyrrole nitrogens is 1. The summed E-state index contributed by atoms with van der Waals surface area (Å²) in [6.45, 7) is -0.133. The molecule has 3 aromatic rings. The maximum absolute atomic E-state index is 12.5. The van der Waals surface area contributed by atoms with Gasteiger partial charge in [0.05, 0.1) is 0 Å². The molecule has 0 aliphatic carbocycles. The molecule has 4 N–H and O–H groups in total. The second-order valence-electron chi connectivity index (χ2n) is 8.23. The molecule has 1 aromatic heterocycles. The summed E-state index contributed by atoms with van der Waals surface area (Å²) in [6.07, 6.45) is -3.93. The number of carbonyl (C=O) groups excluding carboxylic acids is 2. The van der Waals surface area contributed by atoms with Gasteiger partial charge in [-0.15, -0.1) is 0 Å². The molecule has 0 radical (unpaired) electrons. The van der Waals surface area contributed by atoms with Crippen molar-refractivity contribution in [3.63, 3.8) is 0 Å². The summed E-state index contributed by atoms with van der Waals surface area (Å²) in [6, 6.07) is 18.0. The molecule has 35 heavy (non-hydrogen) atoms. The van der Waals surface area contributed by atoms with Crippen molar-refractivity contribution in [2.24, 2.45) is 0 Å². The number of Topliss-reactive ketones (excluding diaryl/α,β-unsaturated/α-hetero) is 1. The minimum Gasteiger partial charge on any atom is -0.387 e. The molecule has 2 heterocycles. The van der Waals surface area contributed by atoms with Crippen molar-refractivity contribution in [2.75, 3.05) is 6.54 Å². The summed E-state index contributed by atoms with van der Waals surface area (Å²) in [5, 5.41) is 23.1. The molecule has 1 fully saturated rings. The van der Waals surface area contributed by atoms with Gasteiger partial charge >= 0.3 is 5.69 Å². The third-order valence-electron chi connectivity index (χ3n) is 5.86. The van der Waals surface area contributed by atoms with Crippen LogP contribution in [0.25, 0.3) is 11.1 Å². The fraction of sp³-hybridized carbons (Fsp3) is 0.280. The Morgan fingerprint density at radius 3 is 2.29 bits per heavy atom. The Bertz CT molecular complexity index is 1300. The summed E-state index contributed by atoms with van der Waals surface area (Å²) in [5.74, 6) is -0.598. The first kappa shape index (κ1) is 24.3. The van der Waals surface area contributed by atoms with E-state index in [1.165, 1.54) is 0 Å². The number of aromatic amines is 1. The van der Waals surface area contributed by atoms with Gasteiger partial charge in [0, 0.05) is 37.2 Å². The maximum atomic E-state index is 12.5. The predicted molar refractivity (Wildman–Crippen MR) is 126 cm³/mol. The van der Waals surface area contributed by atoms with Crippen LogP contribution in [0.5, 0.6) is 0 Å². The molecular weight excluding hydrogens is 454 g/mol. The van der Waals surface area contributed by atoms with Crippen LogP contribution in [0.3, 0.4) is 0 Å². The number of ether oxygens (including phenoxy) is 1. The van der Waals surface area contributed by atoms with Crippen LogP contribution in [0.2, 0.25) is 0 Å². The van der Waals surface area contributed by atoms with Gasteiger partial charge in [-0.1, -0.05) is 54.6 Å². The Balaban J connectivity index is 1.27. The van der Waals surface area contributed by atoms with Crippen LogP contribution in [0.1, 0.15) is 29.4 Å². The molecular formula is C25H25N3O7. The molecule has 10 heteroatoms. The number of aliphatic hydroxyl groups excluding tert-OH is 2. The largest absolute Gasteiger partial charge is 0.387 e. The zero-order valence-corrected chi connectivity index (χ0v) is 18.7. The van der Waals surface area contributed by atoms with E-state index in [1.807, 2.05) is 47.4 Å². The average Bonchev–Trinajstić information content (AvgIpc) is 3.15. The van der Waals surface area contributed by atoms with E-state index in [2.05, 4.69) is 5.32 Å². The highest BCUT2D eigenvalue weighted by molar-refractivity contribution is 5.98. The zero-order valence-electron chi connectivity index (χ0n) is 18.7. The normalized spacial score (nSPS) is 21.5. The van der Waals surface area contributed by atoms with E-state index in [9.17, 15) is 29.4 Å². The number of carbonyl (C=O) groups is 2. The van der Waals surface area contributed by atoms with Gasteiger partial charge in [-0.25, -0.2) is 4.79 Å². The highest BCUT2D eigenvalue weighted by Gasteiger charge is 2.44. The van der Waals surface area contributed by atoms with Gasteiger partial charge in [0.15, 0.2) is 12.0 Å². The van der Waals surface area contributed by atoms with Crippen LogP contribution in [0.4, 0.5) is 0 Å². The second kappa shape index (κ2) is 10.6. The van der Waals surface area contributed by atoms with Gasteiger partial charge in [0.1, 0.15) is 18.3 Å². The molecule has 0 saturated carbocycles. The number of aromatic nitrogens is 2. The molecule has 2 aromatic carbocycles. The molecule has 1 aliphatic rings. The van der Waals surface area contributed by atoms with Crippen LogP contribution < -0.4 is 16.6 Å². The minimum absolute atomic E-state index is 0.00260. The lowest BCUT2D eigenvalue weighted by molar-refractivity contribution is -0.122. The number of ketones is 1. The summed E-state index contributed by atoms with van der Waals surface area (Å²) in [5.41, 5.74) is 1.13. The Morgan fingerprint density at radius 2 is 1.60 bits per heavy atom. The Hall–Kier alpha value is -3.86. The van der Waals surface area contributed by atoms with Crippen LogP contribution in [0, 0.1) is 0 Å². The summed E-state index contributed by atoms with van der Waals surface area (Å²) in [4.78, 5) is 49.9. The fourth-order valence-electron chi connectivity index (χ4n) is 3.91. The van der Waals surface area contributed by atoms with E-state index >= 15 is 0 Å². The predicted octanol–water partition coefficient (Wildman–Crippen LogP) is 0.602. The lowest BCUT2D eigenvalue weighted by Gasteiger charge is -2.16. The van der Waals surface area contributed by atoms with Crippen molar-refractivity contribution in [3.8, 4) is 11.1 Å². The molecule has 1 saturated heterocycles. The van der Waals surface area contributed by atoms with Gasteiger partial charge in [0.2, 0.25) is 5.91 Å². The SMILES string of the molecule is O=C(CCC(=O)c1ccc(-c2ccccc2)cc1)NC[C@H]1O[C@@H](n2ccc(=O)[nH]c2=O)[C@@H](O)[C@@H]1O. The van der Waals surface area contributed by atoms with Gasteiger partial charge in [-0.3, -0.25) is 23.9 Å². The number of nitrogens with zero attached hydrogens (tertiary/aromatic N) is 1. The third-order valence-corrected chi connectivity index (χ3v) is 5.86. The Morgan fingerprint density at radius 1 is 0.914 bits per heavy atom. The number of rotatable bonds is 8. The van der Waals surface area contributed by atoms with Crippen molar-refractivity contribution in [1.82, 2.24) is 14.9 Å². The molecule has 1 aliphatic heterocycles. The van der Waals surface area contributed by atoms with E-state index in [4.69, 9.17) is 4.74 Å². The first-order valence-corrected chi connectivity index (χ1v) is 11.1. The molecule has 1 amide bonds. The molecule has 4 rings (SSSR count). The van der Waals surface area contributed by atoms with Gasteiger partial charge in [-0.2, -0.15) is 0 Å². The fourth-order valence-corrected chi connectivity index (χ4v) is 3.91. The number of amides is 1. The lowest BCUT2D eigenvalue weighted by Crippen LogP contribution is -2.40. The quantitative estimate of drug-likeness (QED) is 0.346. The highest BCUT2D eigenvalue weighted by Crippen LogP contribution is 2.28. The Labute approximate surface area is 199 Å². The summed E-state index contributed by atoms with van der Waals surface area (Å²) >= 11 is 0. The van der Waals surface area contributed by atoms with Gasteiger partial charge in [0.25, 0.3) is 5.56 Å². The van der Waals surface area contributed by atoms with E-state index in [0.29, 0.717) is 5.56 Å². The monoisotopic (exact) mass is 479 g/mol. The van der Waals surface area contributed by atoms with E-state index in [1.54, 1.807) is 12.1 Å². The number of nitrogens with one attached hydrogen (secondary N) is 2. The van der Waals surface area contributed by atoms with E-state index < -0.39 is 41.7 Å². The standard InChI is InChI=1S/C25H25N3O7/c29-18(17-8-6-16(7-9-17)15-4-2-1-3-5-15)10-11-20(30)26-14-19-22(32)23(33)24(35-19)28-13-12-21(31)27-25(28)34/h1-9,12-13,19,22-24,32-33H,10-11,14H2,(H,26,30)(H,27,31,34)/t19-,22-,23+,24-/m1/s1. The van der Waals surface area contributed by atoms with Crippen molar-refractivity contribution in [3.05, 3.63) is 93.3 Å². The van der Waals surface area contributed by atoms with Gasteiger partial charge in [-0.05, 0) is 11.1 Å². The van der Waals surface area contributed by atoms with Crippen molar-refractivity contribution >= 4 is 11.7 Å². The van der Waals surface area contributed by atoms with Crippen LogP contribution in [-0.2, 0) is 9.53 Å². The van der Waals surface area contributed by atoms with Crippen molar-refractivity contribution < 1.29 is 24.5 Å². The second-order valence-corrected chi connectivity index (χ2v) is 8.23. The van der Waals surface area contributed by atoms with E-state index in [0.717, 1.165) is 28.0 Å². The first-order chi connectivity index (χ1) is 16.8.